The summed E-state index contributed by atoms with van der Waals surface area (Å²) >= 11 is 0. The highest BCUT2D eigenvalue weighted by molar-refractivity contribution is 5.54. The quantitative estimate of drug-likeness (QED) is 0.771. The second-order valence-electron chi connectivity index (χ2n) is 7.96. The average molecular weight is 345 g/mol. The van der Waals surface area contributed by atoms with Crippen LogP contribution >= 0.6 is 0 Å². The van der Waals surface area contributed by atoms with Gasteiger partial charge in [0.1, 0.15) is 17.8 Å². The van der Waals surface area contributed by atoms with Crippen LogP contribution in [0, 0.1) is 0 Å². The van der Waals surface area contributed by atoms with Crippen molar-refractivity contribution in [2.24, 2.45) is 0 Å². The number of methoxy groups -OCH3 is 1. The van der Waals surface area contributed by atoms with Gasteiger partial charge in [-0.1, -0.05) is 0 Å². The molecule has 1 saturated carbocycles. The highest BCUT2D eigenvalue weighted by Gasteiger charge is 2.80. The van der Waals surface area contributed by atoms with Crippen LogP contribution in [0.5, 0.6) is 11.5 Å². The first-order chi connectivity index (χ1) is 12.2. The molecule has 1 aromatic rings. The van der Waals surface area contributed by atoms with Crippen LogP contribution in [0.3, 0.4) is 0 Å². The van der Waals surface area contributed by atoms with Crippen LogP contribution in [0.15, 0.2) is 12.1 Å². The van der Waals surface area contributed by atoms with Crippen molar-refractivity contribution >= 4 is 0 Å². The number of hydrogen-bond acceptors (Lipinski definition) is 6. The predicted molar refractivity (Wildman–Crippen MR) is 87.8 cm³/mol. The molecule has 134 valence electrons. The summed E-state index contributed by atoms with van der Waals surface area (Å²) < 4.78 is 23.2. The van der Waals surface area contributed by atoms with E-state index in [4.69, 9.17) is 18.9 Å². The average Bonchev–Trinajstić information content (AvgIpc) is 3.07. The van der Waals surface area contributed by atoms with E-state index in [1.165, 1.54) is 11.1 Å². The molecule has 1 aliphatic carbocycles. The first-order valence-corrected chi connectivity index (χ1v) is 9.26. The van der Waals surface area contributed by atoms with Crippen LogP contribution in [0.1, 0.15) is 30.4 Å². The van der Waals surface area contributed by atoms with Gasteiger partial charge in [-0.2, -0.15) is 0 Å². The smallest absolute Gasteiger partial charge is 0.231 e. The van der Waals surface area contributed by atoms with Crippen molar-refractivity contribution in [3.8, 4) is 11.5 Å². The molecule has 4 heterocycles. The maximum Gasteiger partial charge on any atom is 0.231 e. The number of aliphatic hydroxyl groups excluding tert-OH is 1. The molecule has 0 amide bonds. The van der Waals surface area contributed by atoms with E-state index in [1.807, 2.05) is 0 Å². The van der Waals surface area contributed by atoms with Crippen molar-refractivity contribution in [2.75, 3.05) is 27.0 Å². The fourth-order valence-corrected chi connectivity index (χ4v) is 6.08. The summed E-state index contributed by atoms with van der Waals surface area (Å²) in [6, 6.07) is 4.30. The van der Waals surface area contributed by atoms with Crippen molar-refractivity contribution in [1.29, 1.82) is 0 Å². The summed E-state index contributed by atoms with van der Waals surface area (Å²) in [6.45, 7) is 2.32. The van der Waals surface area contributed by atoms with Gasteiger partial charge in [0.15, 0.2) is 11.5 Å². The Bertz CT molecular complexity index is 754. The Morgan fingerprint density at radius 2 is 2.08 bits per heavy atom. The van der Waals surface area contributed by atoms with E-state index in [0.29, 0.717) is 6.42 Å². The van der Waals surface area contributed by atoms with Crippen molar-refractivity contribution in [1.82, 2.24) is 4.90 Å². The minimum Gasteiger partial charge on any atom is -0.454 e. The van der Waals surface area contributed by atoms with Gasteiger partial charge in [-0.05, 0) is 49.1 Å². The van der Waals surface area contributed by atoms with Gasteiger partial charge in [0, 0.05) is 20.1 Å². The molecule has 2 saturated heterocycles. The standard InChI is InChI=1S/C19H23NO5/c1-22-16-13(21)9-18-12-8-15-14(23-10-24-15)7-11(12)3-2-5-20(18)6-4-19(18)17(16)25-19/h7-8,13,16-17,21H,2-6,9-10H2,1H3. The summed E-state index contributed by atoms with van der Waals surface area (Å²) in [5.74, 6) is 1.66. The molecule has 5 atom stereocenters. The third-order valence-corrected chi connectivity index (χ3v) is 7.11. The molecule has 0 aromatic heterocycles. The van der Waals surface area contributed by atoms with Gasteiger partial charge in [0.05, 0.1) is 11.6 Å². The highest BCUT2D eigenvalue weighted by Crippen LogP contribution is 2.67. The maximum absolute atomic E-state index is 10.9. The summed E-state index contributed by atoms with van der Waals surface area (Å²) in [5, 5.41) is 10.9. The Hall–Kier alpha value is -1.34. The number of benzene rings is 1. The van der Waals surface area contributed by atoms with Gasteiger partial charge in [-0.15, -0.1) is 0 Å². The number of ether oxygens (including phenoxy) is 4. The van der Waals surface area contributed by atoms with Gasteiger partial charge >= 0.3 is 0 Å². The lowest BCUT2D eigenvalue weighted by atomic mass is 9.66. The maximum atomic E-state index is 10.9. The van der Waals surface area contributed by atoms with Crippen LogP contribution in [0.4, 0.5) is 0 Å². The number of hydrogen-bond donors (Lipinski definition) is 1. The van der Waals surface area contributed by atoms with Crippen LogP contribution in [-0.4, -0.2) is 60.9 Å². The monoisotopic (exact) mass is 345 g/mol. The minimum absolute atomic E-state index is 0.0253. The molecule has 5 aliphatic rings. The molecule has 6 heteroatoms. The summed E-state index contributed by atoms with van der Waals surface area (Å²) in [4.78, 5) is 2.55. The fraction of sp³-hybridized carbons (Fsp3) is 0.684. The first-order valence-electron chi connectivity index (χ1n) is 9.26. The lowest BCUT2D eigenvalue weighted by Crippen LogP contribution is -2.59. The molecule has 4 aliphatic heterocycles. The number of nitrogens with zero attached hydrogens (tertiary/aromatic N) is 1. The van der Waals surface area contributed by atoms with E-state index >= 15 is 0 Å². The van der Waals surface area contributed by atoms with Crippen molar-refractivity contribution in [2.45, 2.75) is 55.1 Å². The van der Waals surface area contributed by atoms with Crippen LogP contribution in [-0.2, 0) is 21.4 Å². The van der Waals surface area contributed by atoms with Gasteiger partial charge in [-0.3, -0.25) is 4.90 Å². The molecular weight excluding hydrogens is 322 g/mol. The van der Waals surface area contributed by atoms with Crippen LogP contribution in [0.25, 0.3) is 0 Å². The van der Waals surface area contributed by atoms with Gasteiger partial charge in [0.25, 0.3) is 0 Å². The van der Waals surface area contributed by atoms with Gasteiger partial charge in [0.2, 0.25) is 6.79 Å². The molecule has 5 unspecified atom stereocenters. The Kier molecular flexibility index (Phi) is 2.77. The van der Waals surface area contributed by atoms with E-state index in [0.717, 1.165) is 43.9 Å². The van der Waals surface area contributed by atoms with Crippen LogP contribution < -0.4 is 9.47 Å². The third kappa shape index (κ3) is 1.60. The molecule has 2 spiro atoms. The molecule has 3 fully saturated rings. The van der Waals surface area contributed by atoms with Gasteiger partial charge < -0.3 is 24.1 Å². The second kappa shape index (κ2) is 4.68. The zero-order valence-electron chi connectivity index (χ0n) is 14.4. The highest BCUT2D eigenvalue weighted by atomic mass is 16.7. The normalized spacial score (nSPS) is 43.7. The number of aliphatic hydroxyl groups is 1. The minimum atomic E-state index is -0.525. The van der Waals surface area contributed by atoms with E-state index in [-0.39, 0.29) is 30.1 Å². The number of fused-ring (bicyclic) bond motifs is 2. The number of aryl methyl sites for hydroxylation is 1. The van der Waals surface area contributed by atoms with E-state index in [2.05, 4.69) is 17.0 Å². The lowest BCUT2D eigenvalue weighted by Gasteiger charge is -2.46. The zero-order valence-corrected chi connectivity index (χ0v) is 14.4. The SMILES string of the molecule is COC1C(O)CC23c4cc5c(cc4CCCN2CCC32OC12)OCO5. The number of epoxide rings is 1. The Balaban J connectivity index is 1.57. The zero-order chi connectivity index (χ0) is 16.8. The predicted octanol–water partition coefficient (Wildman–Crippen LogP) is 1.18. The molecule has 1 N–H and O–H groups in total. The Labute approximate surface area is 146 Å². The third-order valence-electron chi connectivity index (χ3n) is 7.11. The van der Waals surface area contributed by atoms with Gasteiger partial charge in [-0.25, -0.2) is 0 Å². The van der Waals surface area contributed by atoms with Crippen LogP contribution in [0.2, 0.25) is 0 Å². The second-order valence-corrected chi connectivity index (χ2v) is 7.96. The molecule has 0 bridgehead atoms. The van der Waals surface area contributed by atoms with Crippen molar-refractivity contribution < 1.29 is 24.1 Å². The van der Waals surface area contributed by atoms with E-state index < -0.39 is 6.10 Å². The van der Waals surface area contributed by atoms with Crippen molar-refractivity contribution in [3.05, 3.63) is 23.3 Å². The summed E-state index contributed by atoms with van der Waals surface area (Å²) in [6.07, 6.45) is 3.00. The largest absolute Gasteiger partial charge is 0.454 e. The van der Waals surface area contributed by atoms with Crippen molar-refractivity contribution in [3.63, 3.8) is 0 Å². The van der Waals surface area contributed by atoms with E-state index in [1.54, 1.807) is 7.11 Å². The summed E-state index contributed by atoms with van der Waals surface area (Å²) in [7, 11) is 1.67. The van der Waals surface area contributed by atoms with E-state index in [9.17, 15) is 5.11 Å². The molecular formula is C19H23NO5. The molecule has 25 heavy (non-hydrogen) atoms. The Morgan fingerprint density at radius 1 is 1.24 bits per heavy atom. The Morgan fingerprint density at radius 3 is 2.92 bits per heavy atom. The molecule has 6 nitrogen and oxygen atoms in total. The fourth-order valence-electron chi connectivity index (χ4n) is 6.08. The first kappa shape index (κ1) is 14.8. The molecule has 6 rings (SSSR count). The molecule has 1 aromatic carbocycles. The summed E-state index contributed by atoms with van der Waals surface area (Å²) in [5.41, 5.74) is 2.06. The number of rotatable bonds is 1. The lowest BCUT2D eigenvalue weighted by molar-refractivity contribution is -0.0729. The topological polar surface area (TPSA) is 63.7 Å². The molecule has 0 radical (unpaired) electrons.